The van der Waals surface area contributed by atoms with Gasteiger partial charge in [0.15, 0.2) is 11.6 Å². The van der Waals surface area contributed by atoms with Gasteiger partial charge < -0.3 is 4.74 Å². The molecule has 33 heavy (non-hydrogen) atoms. The average Bonchev–Trinajstić information content (AvgIpc) is 2.82. The normalized spacial score (nSPS) is 11.3. The van der Waals surface area contributed by atoms with Crippen LogP contribution >= 0.6 is 0 Å². The molecule has 0 radical (unpaired) electrons. The lowest BCUT2D eigenvalue weighted by Gasteiger charge is -2.09. The Morgan fingerprint density at radius 1 is 0.758 bits per heavy atom. The molecule has 0 N–H and O–H groups in total. The molecule has 0 amide bonds. The molecular weight excluding hydrogens is 421 g/mol. The van der Waals surface area contributed by atoms with E-state index in [-0.39, 0.29) is 16.9 Å². The van der Waals surface area contributed by atoms with Gasteiger partial charge in [0.2, 0.25) is 0 Å². The molecule has 3 aromatic rings. The highest BCUT2D eigenvalue weighted by molar-refractivity contribution is 5.72. The molecule has 0 heterocycles. The second-order valence-electron chi connectivity index (χ2n) is 8.31. The summed E-state index contributed by atoms with van der Waals surface area (Å²) in [5.74, 6) is -1.49. The van der Waals surface area contributed by atoms with Gasteiger partial charge in [-0.05, 0) is 42.2 Å². The minimum Gasteiger partial charge on any atom is -0.493 e. The maximum Gasteiger partial charge on any atom is 0.166 e. The van der Waals surface area contributed by atoms with Crippen LogP contribution in [0.1, 0.15) is 62.1 Å². The Balaban J connectivity index is 1.58. The van der Waals surface area contributed by atoms with Gasteiger partial charge in [-0.3, -0.25) is 0 Å². The summed E-state index contributed by atoms with van der Waals surface area (Å²) >= 11 is 0. The zero-order valence-corrected chi connectivity index (χ0v) is 19.3. The van der Waals surface area contributed by atoms with Crippen LogP contribution in [0.4, 0.5) is 13.2 Å². The summed E-state index contributed by atoms with van der Waals surface area (Å²) in [6.07, 6.45) is 10.3. The van der Waals surface area contributed by atoms with Crippen molar-refractivity contribution in [1.82, 2.24) is 0 Å². The van der Waals surface area contributed by atoms with Crippen molar-refractivity contribution in [2.24, 2.45) is 0 Å². The fraction of sp³-hybridized carbons (Fsp3) is 0.310. The van der Waals surface area contributed by atoms with Crippen LogP contribution in [0.5, 0.6) is 5.75 Å². The number of halogens is 3. The molecule has 3 aromatic carbocycles. The van der Waals surface area contributed by atoms with Gasteiger partial charge in [0.25, 0.3) is 0 Å². The molecule has 0 aromatic heterocycles. The Bertz CT molecular complexity index is 1070. The molecule has 0 aliphatic heterocycles. The zero-order valence-electron chi connectivity index (χ0n) is 19.3. The summed E-state index contributed by atoms with van der Waals surface area (Å²) < 4.78 is 48.1. The third-order valence-corrected chi connectivity index (χ3v) is 5.69. The van der Waals surface area contributed by atoms with Gasteiger partial charge in [-0.1, -0.05) is 87.6 Å². The van der Waals surface area contributed by atoms with Crippen molar-refractivity contribution >= 4 is 12.2 Å². The molecule has 0 bridgehead atoms. The summed E-state index contributed by atoms with van der Waals surface area (Å²) in [5.41, 5.74) is 2.49. The van der Waals surface area contributed by atoms with Crippen molar-refractivity contribution in [2.75, 3.05) is 6.61 Å². The Morgan fingerprint density at radius 2 is 1.48 bits per heavy atom. The highest BCUT2D eigenvalue weighted by atomic mass is 19.2. The highest BCUT2D eigenvalue weighted by Crippen LogP contribution is 2.27. The van der Waals surface area contributed by atoms with Gasteiger partial charge >= 0.3 is 0 Å². The Hall–Kier alpha value is -3.01. The van der Waals surface area contributed by atoms with Crippen molar-refractivity contribution in [3.63, 3.8) is 0 Å². The van der Waals surface area contributed by atoms with Gasteiger partial charge in [0.05, 0.1) is 6.61 Å². The van der Waals surface area contributed by atoms with Crippen LogP contribution in [0.2, 0.25) is 0 Å². The largest absolute Gasteiger partial charge is 0.493 e. The molecule has 0 saturated carbocycles. The number of hydrogen-bond donors (Lipinski definition) is 0. The smallest absolute Gasteiger partial charge is 0.166 e. The fourth-order valence-electron chi connectivity index (χ4n) is 3.64. The minimum absolute atomic E-state index is 0.185. The van der Waals surface area contributed by atoms with E-state index in [0.717, 1.165) is 24.0 Å². The van der Waals surface area contributed by atoms with Crippen LogP contribution in [0, 0.1) is 24.4 Å². The highest BCUT2D eigenvalue weighted by Gasteiger charge is 2.09. The molecule has 1 nitrogen and oxygen atoms in total. The Morgan fingerprint density at radius 3 is 2.21 bits per heavy atom. The lowest BCUT2D eigenvalue weighted by atomic mass is 10.0. The van der Waals surface area contributed by atoms with Crippen molar-refractivity contribution in [2.45, 2.75) is 52.4 Å². The molecule has 174 valence electrons. The summed E-state index contributed by atoms with van der Waals surface area (Å²) in [6.45, 7) is 4.32. The molecule has 3 rings (SSSR count). The van der Waals surface area contributed by atoms with E-state index in [0.29, 0.717) is 17.9 Å². The summed E-state index contributed by atoms with van der Waals surface area (Å²) in [4.78, 5) is 0. The first-order valence-electron chi connectivity index (χ1n) is 11.6. The van der Waals surface area contributed by atoms with Crippen molar-refractivity contribution in [3.8, 4) is 16.9 Å². The van der Waals surface area contributed by atoms with E-state index in [1.165, 1.54) is 44.7 Å². The van der Waals surface area contributed by atoms with Crippen molar-refractivity contribution in [1.29, 1.82) is 0 Å². The molecular formula is C29H31F3O. The Kier molecular flexibility index (Phi) is 9.17. The molecule has 0 fully saturated rings. The maximum atomic E-state index is 14.7. The quantitative estimate of drug-likeness (QED) is 0.208. The van der Waals surface area contributed by atoms with E-state index in [1.54, 1.807) is 42.5 Å². The Labute approximate surface area is 194 Å². The first kappa shape index (κ1) is 24.6. The average molecular weight is 453 g/mol. The van der Waals surface area contributed by atoms with E-state index < -0.39 is 11.6 Å². The summed E-state index contributed by atoms with van der Waals surface area (Å²) in [5, 5.41) is 0. The molecule has 0 spiro atoms. The van der Waals surface area contributed by atoms with Crippen LogP contribution in [0.3, 0.4) is 0 Å². The molecule has 0 atom stereocenters. The molecule has 0 aliphatic rings. The molecule has 0 unspecified atom stereocenters. The zero-order chi connectivity index (χ0) is 23.6. The van der Waals surface area contributed by atoms with Gasteiger partial charge in [-0.15, -0.1) is 0 Å². The van der Waals surface area contributed by atoms with E-state index >= 15 is 0 Å². The lowest BCUT2D eigenvalue weighted by molar-refractivity contribution is 0.303. The first-order valence-corrected chi connectivity index (χ1v) is 11.6. The van der Waals surface area contributed by atoms with Crippen molar-refractivity contribution < 1.29 is 17.9 Å². The lowest BCUT2D eigenvalue weighted by Crippen LogP contribution is -1.98. The minimum atomic E-state index is -0.858. The third-order valence-electron chi connectivity index (χ3n) is 5.69. The standard InChI is InChI=1S/C29H31F3O/c1-3-4-5-6-7-8-19-33-25-17-18-26(27(30)20-25)23-14-10-22(11-15-23)12-16-24-13-9-21(2)28(31)29(24)32/h9-18,20H,3-8,19H2,1-2H3/b16-12+. The molecule has 4 heteroatoms. The summed E-state index contributed by atoms with van der Waals surface area (Å²) in [6, 6.07) is 15.3. The third kappa shape index (κ3) is 6.98. The second-order valence-corrected chi connectivity index (χ2v) is 8.31. The van der Waals surface area contributed by atoms with Crippen molar-refractivity contribution in [3.05, 3.63) is 88.7 Å². The van der Waals surface area contributed by atoms with E-state index in [2.05, 4.69) is 6.92 Å². The number of rotatable bonds is 11. The van der Waals surface area contributed by atoms with Crippen LogP contribution in [-0.4, -0.2) is 6.61 Å². The van der Waals surface area contributed by atoms with Crippen LogP contribution in [0.15, 0.2) is 54.6 Å². The topological polar surface area (TPSA) is 9.23 Å². The van der Waals surface area contributed by atoms with Crippen LogP contribution in [0.25, 0.3) is 23.3 Å². The van der Waals surface area contributed by atoms with E-state index in [9.17, 15) is 13.2 Å². The predicted molar refractivity (Wildman–Crippen MR) is 131 cm³/mol. The van der Waals surface area contributed by atoms with Gasteiger partial charge in [-0.2, -0.15) is 0 Å². The number of hydrogen-bond acceptors (Lipinski definition) is 1. The van der Waals surface area contributed by atoms with E-state index in [1.807, 2.05) is 12.1 Å². The van der Waals surface area contributed by atoms with E-state index in [4.69, 9.17) is 4.74 Å². The number of benzene rings is 3. The second kappa shape index (κ2) is 12.3. The SMILES string of the molecule is CCCCCCCCOc1ccc(-c2ccc(/C=C/c3ccc(C)c(F)c3F)cc2)c(F)c1. The van der Waals surface area contributed by atoms with Crippen LogP contribution < -0.4 is 4.74 Å². The fourth-order valence-corrected chi connectivity index (χ4v) is 3.64. The molecule has 0 saturated heterocycles. The maximum absolute atomic E-state index is 14.7. The summed E-state index contributed by atoms with van der Waals surface area (Å²) in [7, 11) is 0. The number of ether oxygens (including phenoxy) is 1. The van der Waals surface area contributed by atoms with Gasteiger partial charge in [0.1, 0.15) is 11.6 Å². The predicted octanol–water partition coefficient (Wildman–Crippen LogP) is 8.99. The van der Waals surface area contributed by atoms with Gasteiger partial charge in [0, 0.05) is 17.2 Å². The van der Waals surface area contributed by atoms with Crippen LogP contribution in [-0.2, 0) is 0 Å². The number of aryl methyl sites for hydroxylation is 1. The first-order chi connectivity index (χ1) is 16.0. The monoisotopic (exact) mass is 452 g/mol. The van der Waals surface area contributed by atoms with Gasteiger partial charge in [-0.25, -0.2) is 13.2 Å². The number of unbranched alkanes of at least 4 members (excludes halogenated alkanes) is 5. The molecule has 0 aliphatic carbocycles.